The lowest BCUT2D eigenvalue weighted by Crippen LogP contribution is -2.29. The van der Waals surface area contributed by atoms with Crippen molar-refractivity contribution in [3.8, 4) is 0 Å². The number of halogens is 1. The number of aliphatic hydroxyl groups is 1. The van der Waals surface area contributed by atoms with Crippen molar-refractivity contribution < 1.29 is 14.7 Å². The van der Waals surface area contributed by atoms with Gasteiger partial charge >= 0.3 is 0 Å². The molecular weight excluding hydrogens is 454 g/mol. The predicted molar refractivity (Wildman–Crippen MR) is 126 cm³/mol. The van der Waals surface area contributed by atoms with Crippen LogP contribution in [0.1, 0.15) is 33.9 Å². The maximum Gasteiger partial charge on any atom is 0.300 e. The molecule has 0 aliphatic carbocycles. The molecule has 4 rings (SSSR count). The van der Waals surface area contributed by atoms with Crippen LogP contribution in [0.25, 0.3) is 5.76 Å². The minimum Gasteiger partial charge on any atom is -0.507 e. The summed E-state index contributed by atoms with van der Waals surface area (Å²) in [4.78, 5) is 27.9. The van der Waals surface area contributed by atoms with E-state index >= 15 is 0 Å². The van der Waals surface area contributed by atoms with Crippen LogP contribution in [0.15, 0.2) is 76.8 Å². The molecule has 156 valence electrons. The van der Waals surface area contributed by atoms with E-state index in [4.69, 9.17) is 0 Å². The summed E-state index contributed by atoms with van der Waals surface area (Å²) in [5, 5.41) is 11.2. The molecule has 0 saturated carbocycles. The highest BCUT2D eigenvalue weighted by atomic mass is 79.9. The second-order valence-corrected chi connectivity index (χ2v) is 8.68. The van der Waals surface area contributed by atoms with Gasteiger partial charge in [-0.15, -0.1) is 0 Å². The molecule has 0 spiro atoms. The average molecular weight is 476 g/mol. The number of carbonyl (C=O) groups is 2. The Morgan fingerprint density at radius 3 is 2.32 bits per heavy atom. The lowest BCUT2D eigenvalue weighted by Gasteiger charge is -2.27. The molecule has 1 heterocycles. The lowest BCUT2D eigenvalue weighted by atomic mass is 9.92. The van der Waals surface area contributed by atoms with Gasteiger partial charge in [0.15, 0.2) is 0 Å². The second kappa shape index (κ2) is 8.16. The summed E-state index contributed by atoms with van der Waals surface area (Å²) in [5.74, 6) is -1.50. The van der Waals surface area contributed by atoms with Crippen LogP contribution in [0.4, 0.5) is 5.69 Å². The zero-order valence-corrected chi connectivity index (χ0v) is 19.1. The molecule has 1 saturated heterocycles. The smallest absolute Gasteiger partial charge is 0.300 e. The fourth-order valence-electron chi connectivity index (χ4n) is 4.01. The Morgan fingerprint density at radius 2 is 1.65 bits per heavy atom. The van der Waals surface area contributed by atoms with Crippen LogP contribution in [0.5, 0.6) is 0 Å². The van der Waals surface area contributed by atoms with Crippen LogP contribution in [-0.2, 0) is 9.59 Å². The van der Waals surface area contributed by atoms with Gasteiger partial charge in [0.25, 0.3) is 11.7 Å². The molecule has 1 unspecified atom stereocenters. The number of Topliss-reactive ketones (excluding diaryl/α,β-unsaturated/α-hetero) is 1. The molecule has 1 aliphatic heterocycles. The molecule has 1 fully saturated rings. The number of aliphatic hydroxyl groups excluding tert-OH is 1. The van der Waals surface area contributed by atoms with Crippen molar-refractivity contribution in [2.75, 3.05) is 4.90 Å². The van der Waals surface area contributed by atoms with E-state index in [2.05, 4.69) is 15.9 Å². The molecule has 1 N–H and O–H groups in total. The lowest BCUT2D eigenvalue weighted by molar-refractivity contribution is -0.132. The number of anilines is 1. The molecule has 1 aliphatic rings. The number of hydrogen-bond donors (Lipinski definition) is 1. The van der Waals surface area contributed by atoms with Gasteiger partial charge in [-0.1, -0.05) is 58.4 Å². The number of ketones is 1. The second-order valence-electron chi connectivity index (χ2n) is 7.83. The van der Waals surface area contributed by atoms with Gasteiger partial charge in [-0.2, -0.15) is 0 Å². The SMILES string of the molecule is Cc1cccc(N2C(=O)C(=O)/C(=C(/O)c3ccc(Br)c(C)c3)C2c2ccccc2C)c1. The number of rotatable bonds is 3. The Labute approximate surface area is 190 Å². The van der Waals surface area contributed by atoms with Gasteiger partial charge in [-0.3, -0.25) is 14.5 Å². The first-order valence-corrected chi connectivity index (χ1v) is 10.8. The highest BCUT2D eigenvalue weighted by molar-refractivity contribution is 9.10. The van der Waals surface area contributed by atoms with Crippen LogP contribution in [0.3, 0.4) is 0 Å². The van der Waals surface area contributed by atoms with Gasteiger partial charge in [0.1, 0.15) is 5.76 Å². The summed E-state index contributed by atoms with van der Waals surface area (Å²) >= 11 is 3.46. The average Bonchev–Trinajstić information content (AvgIpc) is 3.00. The summed E-state index contributed by atoms with van der Waals surface area (Å²) in [6.45, 7) is 5.79. The molecule has 5 heteroatoms. The van der Waals surface area contributed by atoms with E-state index in [0.29, 0.717) is 11.3 Å². The van der Waals surface area contributed by atoms with Crippen molar-refractivity contribution in [1.29, 1.82) is 0 Å². The van der Waals surface area contributed by atoms with E-state index in [1.807, 2.05) is 75.4 Å². The van der Waals surface area contributed by atoms with Gasteiger partial charge in [0.05, 0.1) is 11.6 Å². The molecule has 3 aromatic carbocycles. The van der Waals surface area contributed by atoms with Crippen molar-refractivity contribution in [3.05, 3.63) is 105 Å². The number of benzene rings is 3. The largest absolute Gasteiger partial charge is 0.507 e. The van der Waals surface area contributed by atoms with Crippen molar-refractivity contribution in [3.63, 3.8) is 0 Å². The Hall–Kier alpha value is -3.18. The highest BCUT2D eigenvalue weighted by Crippen LogP contribution is 2.43. The zero-order valence-electron chi connectivity index (χ0n) is 17.5. The Morgan fingerprint density at radius 1 is 0.903 bits per heavy atom. The van der Waals surface area contributed by atoms with Crippen LogP contribution in [0, 0.1) is 20.8 Å². The van der Waals surface area contributed by atoms with E-state index in [1.165, 1.54) is 4.90 Å². The fraction of sp³-hybridized carbons (Fsp3) is 0.154. The third-order valence-corrected chi connectivity index (χ3v) is 6.53. The van der Waals surface area contributed by atoms with Crippen molar-refractivity contribution in [1.82, 2.24) is 0 Å². The standard InChI is InChI=1S/C26H22BrNO3/c1-15-7-6-9-19(13-15)28-23(20-10-5-4-8-16(20)2)22(25(30)26(28)31)24(29)18-11-12-21(27)17(3)14-18/h4-14,23,29H,1-3H3/b24-22+. The van der Waals surface area contributed by atoms with Gasteiger partial charge in [-0.05, 0) is 67.3 Å². The van der Waals surface area contributed by atoms with E-state index in [0.717, 1.165) is 26.7 Å². The number of nitrogens with zero attached hydrogens (tertiary/aromatic N) is 1. The van der Waals surface area contributed by atoms with Gasteiger partial charge < -0.3 is 5.11 Å². The van der Waals surface area contributed by atoms with E-state index in [-0.39, 0.29) is 11.3 Å². The van der Waals surface area contributed by atoms with E-state index < -0.39 is 17.7 Å². The molecule has 0 radical (unpaired) electrons. The van der Waals surface area contributed by atoms with Gasteiger partial charge in [0, 0.05) is 15.7 Å². The quantitative estimate of drug-likeness (QED) is 0.287. The molecule has 0 aromatic heterocycles. The number of hydrogen-bond acceptors (Lipinski definition) is 3. The predicted octanol–water partition coefficient (Wildman–Crippen LogP) is 6.00. The molecule has 0 bridgehead atoms. The molecule has 4 nitrogen and oxygen atoms in total. The van der Waals surface area contributed by atoms with Crippen molar-refractivity contribution in [2.24, 2.45) is 0 Å². The molecule has 1 atom stereocenters. The third-order valence-electron chi connectivity index (χ3n) is 5.64. The maximum absolute atomic E-state index is 13.2. The number of amides is 1. The first-order valence-electron chi connectivity index (χ1n) is 9.99. The number of aryl methyl sites for hydroxylation is 3. The van der Waals surface area contributed by atoms with Crippen LogP contribution >= 0.6 is 15.9 Å². The molecular formula is C26H22BrNO3. The summed E-state index contributed by atoms with van der Waals surface area (Å²) in [6.07, 6.45) is 0. The van der Waals surface area contributed by atoms with Crippen LogP contribution < -0.4 is 4.90 Å². The monoisotopic (exact) mass is 475 g/mol. The molecule has 1 amide bonds. The highest BCUT2D eigenvalue weighted by Gasteiger charge is 2.47. The van der Waals surface area contributed by atoms with Crippen molar-refractivity contribution in [2.45, 2.75) is 26.8 Å². The van der Waals surface area contributed by atoms with Crippen LogP contribution in [-0.4, -0.2) is 16.8 Å². The topological polar surface area (TPSA) is 57.6 Å². The third kappa shape index (κ3) is 3.70. The van der Waals surface area contributed by atoms with Gasteiger partial charge in [-0.25, -0.2) is 0 Å². The fourth-order valence-corrected chi connectivity index (χ4v) is 4.26. The minimum atomic E-state index is -0.716. The molecule has 31 heavy (non-hydrogen) atoms. The Bertz CT molecular complexity index is 1240. The summed E-state index contributed by atoms with van der Waals surface area (Å²) in [6, 6.07) is 19.8. The molecule has 3 aromatic rings. The minimum absolute atomic E-state index is 0.0996. The van der Waals surface area contributed by atoms with Gasteiger partial charge in [0.2, 0.25) is 0 Å². The first kappa shape index (κ1) is 21.1. The van der Waals surface area contributed by atoms with Crippen LogP contribution in [0.2, 0.25) is 0 Å². The first-order chi connectivity index (χ1) is 14.8. The summed E-state index contributed by atoms with van der Waals surface area (Å²) < 4.78 is 0.903. The van der Waals surface area contributed by atoms with E-state index in [1.54, 1.807) is 12.1 Å². The Kier molecular flexibility index (Phi) is 5.54. The number of carbonyl (C=O) groups excluding carboxylic acids is 2. The Balaban J connectivity index is 1.99. The maximum atomic E-state index is 13.2. The van der Waals surface area contributed by atoms with Crippen molar-refractivity contribution >= 4 is 39.1 Å². The summed E-state index contributed by atoms with van der Waals surface area (Å²) in [7, 11) is 0. The van der Waals surface area contributed by atoms with E-state index in [9.17, 15) is 14.7 Å². The zero-order chi connectivity index (χ0) is 22.3. The summed E-state index contributed by atoms with van der Waals surface area (Å²) in [5.41, 5.74) is 4.87. The normalized spacial score (nSPS) is 17.9.